The second kappa shape index (κ2) is 7.25. The van der Waals surface area contributed by atoms with Crippen molar-refractivity contribution < 1.29 is 19.1 Å². The molecule has 8 nitrogen and oxygen atoms in total. The predicted octanol–water partition coefficient (Wildman–Crippen LogP) is 3.03. The van der Waals surface area contributed by atoms with Crippen molar-refractivity contribution in [1.29, 1.82) is 0 Å². The fraction of sp³-hybridized carbons (Fsp3) is 0.375. The average Bonchev–Trinajstić information content (AvgIpc) is 3.12. The van der Waals surface area contributed by atoms with Crippen molar-refractivity contribution in [1.82, 2.24) is 14.5 Å². The molecule has 1 aromatic heterocycles. The summed E-state index contributed by atoms with van der Waals surface area (Å²) in [4.78, 5) is 32.0. The topological polar surface area (TPSA) is 85.7 Å². The summed E-state index contributed by atoms with van der Waals surface area (Å²) in [6.07, 6.45) is 4.34. The molecule has 1 N–H and O–H groups in total. The Morgan fingerprint density at radius 1 is 1.09 bits per heavy atom. The van der Waals surface area contributed by atoms with Gasteiger partial charge in [-0.15, -0.1) is 0 Å². The minimum atomic E-state index is 0.00256. The Labute approximate surface area is 185 Å². The number of carbonyl (C=O) groups is 2. The molecule has 0 radical (unpaired) electrons. The zero-order valence-corrected chi connectivity index (χ0v) is 17.6. The van der Waals surface area contributed by atoms with Gasteiger partial charge in [-0.3, -0.25) is 9.59 Å². The lowest BCUT2D eigenvalue weighted by molar-refractivity contribution is -0.133. The highest BCUT2D eigenvalue weighted by atomic mass is 16.7. The normalized spacial score (nSPS) is 20.5. The number of carbonyl (C=O) groups excluding carboxylic acids is 2. The number of ether oxygens (including phenoxy) is 2. The summed E-state index contributed by atoms with van der Waals surface area (Å²) in [6, 6.07) is 13.3. The Balaban J connectivity index is 1.04. The highest BCUT2D eigenvalue weighted by Gasteiger charge is 2.58. The second-order valence-electron chi connectivity index (χ2n) is 8.92. The first-order chi connectivity index (χ1) is 15.6. The van der Waals surface area contributed by atoms with Gasteiger partial charge in [0.1, 0.15) is 6.54 Å². The van der Waals surface area contributed by atoms with Gasteiger partial charge in [0.25, 0.3) is 0 Å². The maximum absolute atomic E-state index is 12.9. The molecule has 2 fully saturated rings. The van der Waals surface area contributed by atoms with Gasteiger partial charge < -0.3 is 24.3 Å². The number of hydrogen-bond donors (Lipinski definition) is 1. The number of anilines is 1. The fourth-order valence-corrected chi connectivity index (χ4v) is 5.06. The van der Waals surface area contributed by atoms with Crippen LogP contribution in [0.3, 0.4) is 0 Å². The molecule has 8 heteroatoms. The van der Waals surface area contributed by atoms with E-state index in [0.29, 0.717) is 31.1 Å². The van der Waals surface area contributed by atoms with E-state index in [4.69, 9.17) is 9.47 Å². The maximum atomic E-state index is 12.9. The number of aromatic nitrogens is 2. The summed E-state index contributed by atoms with van der Waals surface area (Å²) in [5.41, 5.74) is 2.62. The number of rotatable bonds is 4. The number of imidazole rings is 1. The fourth-order valence-electron chi connectivity index (χ4n) is 5.06. The van der Waals surface area contributed by atoms with E-state index in [-0.39, 0.29) is 29.9 Å². The maximum Gasteiger partial charge on any atom is 0.242 e. The van der Waals surface area contributed by atoms with E-state index < -0.39 is 0 Å². The summed E-state index contributed by atoms with van der Waals surface area (Å²) in [7, 11) is 0. The number of hydrogen-bond acceptors (Lipinski definition) is 5. The van der Waals surface area contributed by atoms with E-state index in [0.717, 1.165) is 36.0 Å². The van der Waals surface area contributed by atoms with Gasteiger partial charge in [-0.05, 0) is 48.9 Å². The van der Waals surface area contributed by atoms with Crippen LogP contribution in [0.2, 0.25) is 0 Å². The number of para-hydroxylation sites is 2. The standard InChI is InChI=1S/C24H24N4O4/c29-22(13-28-14-25-18-3-1-2-4-19(18)28)27-9-7-24(8-10-27)12-17(24)23(30)26-16-5-6-20-21(11-16)32-15-31-20/h1-6,11,14,17H,7-10,12-13,15H2,(H,26,30). The summed E-state index contributed by atoms with van der Waals surface area (Å²) in [6.45, 7) is 1.89. The zero-order valence-electron chi connectivity index (χ0n) is 17.6. The largest absolute Gasteiger partial charge is 0.454 e. The zero-order chi connectivity index (χ0) is 21.7. The number of nitrogens with zero attached hydrogens (tertiary/aromatic N) is 3. The molecule has 2 aromatic carbocycles. The first-order valence-corrected chi connectivity index (χ1v) is 11.0. The molecule has 1 spiro atoms. The van der Waals surface area contributed by atoms with Gasteiger partial charge in [0.05, 0.1) is 17.4 Å². The lowest BCUT2D eigenvalue weighted by atomic mass is 9.90. The smallest absolute Gasteiger partial charge is 0.242 e. The van der Waals surface area contributed by atoms with Crippen molar-refractivity contribution >= 4 is 28.5 Å². The van der Waals surface area contributed by atoms with Crippen LogP contribution in [0.1, 0.15) is 19.3 Å². The average molecular weight is 432 g/mol. The van der Waals surface area contributed by atoms with Gasteiger partial charge in [0.2, 0.25) is 18.6 Å². The van der Waals surface area contributed by atoms with Crippen molar-refractivity contribution in [3.63, 3.8) is 0 Å². The Morgan fingerprint density at radius 2 is 1.91 bits per heavy atom. The Kier molecular flexibility index (Phi) is 4.34. The summed E-state index contributed by atoms with van der Waals surface area (Å²) >= 11 is 0. The van der Waals surface area contributed by atoms with E-state index in [2.05, 4.69) is 10.3 Å². The van der Waals surface area contributed by atoms with Gasteiger partial charge in [0.15, 0.2) is 11.5 Å². The second-order valence-corrected chi connectivity index (χ2v) is 8.92. The first-order valence-electron chi connectivity index (χ1n) is 11.0. The molecule has 1 aliphatic carbocycles. The van der Waals surface area contributed by atoms with E-state index in [1.165, 1.54) is 0 Å². The third-order valence-corrected chi connectivity index (χ3v) is 7.09. The molecular formula is C24H24N4O4. The molecule has 1 saturated heterocycles. The lowest BCUT2D eigenvalue weighted by Crippen LogP contribution is -2.41. The molecule has 3 aromatic rings. The Bertz CT molecular complexity index is 1210. The number of piperidine rings is 1. The highest BCUT2D eigenvalue weighted by molar-refractivity contribution is 5.95. The van der Waals surface area contributed by atoms with Gasteiger partial charge in [-0.1, -0.05) is 12.1 Å². The van der Waals surface area contributed by atoms with Crippen molar-refractivity contribution in [3.8, 4) is 11.5 Å². The van der Waals surface area contributed by atoms with Crippen LogP contribution in [-0.2, 0) is 16.1 Å². The number of likely N-dealkylation sites (tertiary alicyclic amines) is 1. The quantitative estimate of drug-likeness (QED) is 0.685. The molecular weight excluding hydrogens is 408 g/mol. The van der Waals surface area contributed by atoms with E-state index >= 15 is 0 Å². The van der Waals surface area contributed by atoms with Crippen LogP contribution in [0, 0.1) is 11.3 Å². The number of nitrogens with one attached hydrogen (secondary N) is 1. The third kappa shape index (κ3) is 3.26. The molecule has 0 bridgehead atoms. The molecule has 164 valence electrons. The lowest BCUT2D eigenvalue weighted by Gasteiger charge is -2.33. The summed E-state index contributed by atoms with van der Waals surface area (Å²) in [5, 5.41) is 3.02. The monoisotopic (exact) mass is 432 g/mol. The summed E-state index contributed by atoms with van der Waals surface area (Å²) < 4.78 is 12.6. The van der Waals surface area contributed by atoms with E-state index in [1.807, 2.05) is 45.9 Å². The van der Waals surface area contributed by atoms with Crippen LogP contribution in [0.4, 0.5) is 5.69 Å². The number of fused-ring (bicyclic) bond motifs is 2. The Hall–Kier alpha value is -3.55. The minimum Gasteiger partial charge on any atom is -0.454 e. The van der Waals surface area contributed by atoms with Gasteiger partial charge in [-0.2, -0.15) is 0 Å². The Morgan fingerprint density at radius 3 is 2.78 bits per heavy atom. The molecule has 3 aliphatic rings. The molecule has 2 amide bonds. The summed E-state index contributed by atoms with van der Waals surface area (Å²) in [5.74, 6) is 1.51. The predicted molar refractivity (Wildman–Crippen MR) is 117 cm³/mol. The molecule has 1 unspecified atom stereocenters. The molecule has 2 aliphatic heterocycles. The van der Waals surface area contributed by atoms with E-state index in [1.54, 1.807) is 12.4 Å². The first kappa shape index (κ1) is 19.2. The number of benzene rings is 2. The number of amides is 2. The molecule has 3 heterocycles. The molecule has 6 rings (SSSR count). The van der Waals surface area contributed by atoms with Crippen LogP contribution in [0.25, 0.3) is 11.0 Å². The van der Waals surface area contributed by atoms with Crippen LogP contribution >= 0.6 is 0 Å². The van der Waals surface area contributed by atoms with Crippen molar-refractivity contribution in [2.24, 2.45) is 11.3 Å². The van der Waals surface area contributed by atoms with Crippen molar-refractivity contribution in [2.75, 3.05) is 25.2 Å². The van der Waals surface area contributed by atoms with Gasteiger partial charge in [-0.25, -0.2) is 4.98 Å². The molecule has 1 atom stereocenters. The SMILES string of the molecule is O=C(Nc1ccc2c(c1)OCO2)C1CC12CCN(C(=O)Cn1cnc3ccccc31)CC2. The van der Waals surface area contributed by atoms with Gasteiger partial charge in [0, 0.05) is 30.8 Å². The van der Waals surface area contributed by atoms with Crippen LogP contribution in [0.5, 0.6) is 11.5 Å². The van der Waals surface area contributed by atoms with Crippen molar-refractivity contribution in [3.05, 3.63) is 48.8 Å². The van der Waals surface area contributed by atoms with Crippen LogP contribution < -0.4 is 14.8 Å². The molecule has 32 heavy (non-hydrogen) atoms. The van der Waals surface area contributed by atoms with Crippen LogP contribution in [-0.4, -0.2) is 46.1 Å². The van der Waals surface area contributed by atoms with Crippen molar-refractivity contribution in [2.45, 2.75) is 25.8 Å². The van der Waals surface area contributed by atoms with Gasteiger partial charge >= 0.3 is 0 Å². The van der Waals surface area contributed by atoms with E-state index in [9.17, 15) is 9.59 Å². The van der Waals surface area contributed by atoms with Crippen LogP contribution in [0.15, 0.2) is 48.8 Å². The highest BCUT2D eigenvalue weighted by Crippen LogP contribution is 2.59. The third-order valence-electron chi connectivity index (χ3n) is 7.09. The molecule has 1 saturated carbocycles. The minimum absolute atomic E-state index is 0.00256.